The minimum absolute atomic E-state index is 0.00816. The number of carbonyl (C=O) groups is 2. The number of nitrogens with zero attached hydrogens (tertiary/aromatic N) is 2. The van der Waals surface area contributed by atoms with Crippen LogP contribution in [0, 0.1) is 5.92 Å². The summed E-state index contributed by atoms with van der Waals surface area (Å²) >= 11 is 1.55. The quantitative estimate of drug-likeness (QED) is 0.852. The lowest BCUT2D eigenvalue weighted by molar-refractivity contribution is -0.124. The van der Waals surface area contributed by atoms with Crippen molar-refractivity contribution >= 4 is 23.2 Å². The highest BCUT2D eigenvalue weighted by Crippen LogP contribution is 2.23. The zero-order valence-electron chi connectivity index (χ0n) is 14.0. The minimum Gasteiger partial charge on any atom is -0.300 e. The maximum Gasteiger partial charge on any atom is 0.250 e. The van der Waals surface area contributed by atoms with Crippen molar-refractivity contribution in [3.8, 4) is 0 Å². The molecule has 1 aliphatic rings. The Bertz CT molecular complexity index is 619. The number of amides is 1. The second-order valence-corrected chi connectivity index (χ2v) is 8.04. The van der Waals surface area contributed by atoms with E-state index in [2.05, 4.69) is 42.8 Å². The highest BCUT2D eigenvalue weighted by atomic mass is 32.1. The highest BCUT2D eigenvalue weighted by Gasteiger charge is 2.28. The fraction of sp³-hybridized carbons (Fsp3) is 0.706. The first-order valence-corrected chi connectivity index (χ1v) is 8.91. The molecule has 1 atom stereocenters. The topological polar surface area (TPSA) is 51.4 Å². The molecule has 0 N–H and O–H groups in total. The second-order valence-electron chi connectivity index (χ2n) is 7.08. The number of aromatic nitrogens is 1. The van der Waals surface area contributed by atoms with E-state index in [1.807, 2.05) is 0 Å². The normalized spacial score (nSPS) is 19.9. The van der Waals surface area contributed by atoms with E-state index in [1.54, 1.807) is 11.5 Å². The number of ketones is 1. The first kappa shape index (κ1) is 17.1. The largest absolute Gasteiger partial charge is 0.300 e. The fourth-order valence-electron chi connectivity index (χ4n) is 2.55. The van der Waals surface area contributed by atoms with E-state index in [1.165, 1.54) is 0 Å². The molecule has 5 heteroatoms. The molecule has 0 saturated heterocycles. The third-order valence-corrected chi connectivity index (χ3v) is 5.38. The van der Waals surface area contributed by atoms with Crippen LogP contribution >= 0.6 is 11.5 Å². The summed E-state index contributed by atoms with van der Waals surface area (Å²) in [5, 5.41) is 0. The molecule has 1 fully saturated rings. The Hall–Kier alpha value is -1.23. The van der Waals surface area contributed by atoms with Gasteiger partial charge in [-0.2, -0.15) is 0 Å². The molecule has 0 spiro atoms. The van der Waals surface area contributed by atoms with Crippen LogP contribution in [0.1, 0.15) is 65.4 Å². The third kappa shape index (κ3) is 4.15. The van der Waals surface area contributed by atoms with E-state index in [-0.39, 0.29) is 23.1 Å². The highest BCUT2D eigenvalue weighted by molar-refractivity contribution is 7.04. The Morgan fingerprint density at radius 2 is 2.18 bits per heavy atom. The number of hydrogen-bond acceptors (Lipinski definition) is 3. The zero-order valence-corrected chi connectivity index (χ0v) is 14.8. The van der Waals surface area contributed by atoms with Crippen molar-refractivity contribution in [3.63, 3.8) is 0 Å². The molecule has 0 aromatic carbocycles. The van der Waals surface area contributed by atoms with Crippen molar-refractivity contribution in [2.24, 2.45) is 10.9 Å². The van der Waals surface area contributed by atoms with Gasteiger partial charge in [0.2, 0.25) is 0 Å². The summed E-state index contributed by atoms with van der Waals surface area (Å²) in [4.78, 5) is 28.1. The van der Waals surface area contributed by atoms with Crippen LogP contribution in [0.4, 0.5) is 0 Å². The van der Waals surface area contributed by atoms with E-state index < -0.39 is 0 Å². The first-order valence-electron chi connectivity index (χ1n) is 8.14. The predicted molar refractivity (Wildman–Crippen MR) is 88.8 cm³/mol. The standard InChI is InChI=1S/C17H26N2O2S/c1-5-6-7-13-11-19(17(2,3)4)22-16(13)18-15(21)12-8-9-14(20)10-12/h11-12H,5-10H2,1-4H3. The lowest BCUT2D eigenvalue weighted by atomic mass is 10.1. The van der Waals surface area contributed by atoms with Crippen LogP contribution in [-0.4, -0.2) is 15.6 Å². The van der Waals surface area contributed by atoms with Gasteiger partial charge in [-0.05, 0) is 51.6 Å². The summed E-state index contributed by atoms with van der Waals surface area (Å²) in [7, 11) is 0. The smallest absolute Gasteiger partial charge is 0.250 e. The molecule has 1 aliphatic carbocycles. The predicted octanol–water partition coefficient (Wildman–Crippen LogP) is 3.44. The Balaban J connectivity index is 2.30. The lowest BCUT2D eigenvalue weighted by Crippen LogP contribution is -2.18. The van der Waals surface area contributed by atoms with Crippen molar-refractivity contribution in [1.82, 2.24) is 3.96 Å². The number of aryl methyl sites for hydroxylation is 1. The molecular formula is C17H26N2O2S. The fourth-order valence-corrected chi connectivity index (χ4v) is 3.60. The second kappa shape index (κ2) is 6.90. The third-order valence-electron chi connectivity index (χ3n) is 4.00. The maximum atomic E-state index is 12.3. The van der Waals surface area contributed by atoms with Gasteiger partial charge < -0.3 is 0 Å². The van der Waals surface area contributed by atoms with E-state index in [0.29, 0.717) is 19.3 Å². The molecule has 0 aliphatic heterocycles. The summed E-state index contributed by atoms with van der Waals surface area (Å²) in [5.41, 5.74) is 1.14. The van der Waals surface area contributed by atoms with Gasteiger partial charge in [-0.3, -0.25) is 13.5 Å². The number of rotatable bonds is 4. The molecule has 22 heavy (non-hydrogen) atoms. The van der Waals surface area contributed by atoms with Crippen LogP contribution < -0.4 is 4.67 Å². The SMILES string of the molecule is CCCCc1cn(C(C)(C)C)sc1=NC(=O)C1CCC(=O)C1. The van der Waals surface area contributed by atoms with Crippen LogP contribution in [0.3, 0.4) is 0 Å². The number of unbranched alkanes of at least 4 members (excludes halogenated alkanes) is 1. The summed E-state index contributed by atoms with van der Waals surface area (Å²) in [6, 6.07) is 0. The molecule has 1 saturated carbocycles. The van der Waals surface area contributed by atoms with Gasteiger partial charge in [-0.1, -0.05) is 13.3 Å². The average molecular weight is 322 g/mol. The maximum absolute atomic E-state index is 12.3. The van der Waals surface area contributed by atoms with Crippen LogP contribution in [0.25, 0.3) is 0 Å². The van der Waals surface area contributed by atoms with Gasteiger partial charge in [0.05, 0.1) is 0 Å². The Morgan fingerprint density at radius 3 is 2.73 bits per heavy atom. The molecule has 122 valence electrons. The van der Waals surface area contributed by atoms with Gasteiger partial charge in [0, 0.05) is 36.1 Å². The van der Waals surface area contributed by atoms with E-state index in [9.17, 15) is 9.59 Å². The van der Waals surface area contributed by atoms with Gasteiger partial charge in [0.25, 0.3) is 5.91 Å². The Labute approximate surface area is 136 Å². The Kier molecular flexibility index (Phi) is 5.37. The Morgan fingerprint density at radius 1 is 1.45 bits per heavy atom. The van der Waals surface area contributed by atoms with Gasteiger partial charge in [0.15, 0.2) is 0 Å². The lowest BCUT2D eigenvalue weighted by Gasteiger charge is -2.19. The molecule has 1 heterocycles. The van der Waals surface area contributed by atoms with Gasteiger partial charge in [0.1, 0.15) is 10.5 Å². The van der Waals surface area contributed by atoms with E-state index in [4.69, 9.17) is 0 Å². The summed E-state index contributed by atoms with van der Waals surface area (Å²) in [5.74, 6) is -0.126. The molecule has 0 radical (unpaired) electrons. The van der Waals surface area contributed by atoms with Gasteiger partial charge >= 0.3 is 0 Å². The minimum atomic E-state index is -0.197. The van der Waals surface area contributed by atoms with Crippen molar-refractivity contribution in [2.45, 2.75) is 71.8 Å². The van der Waals surface area contributed by atoms with Crippen molar-refractivity contribution in [3.05, 3.63) is 16.4 Å². The molecule has 1 aromatic rings. The van der Waals surface area contributed by atoms with E-state index >= 15 is 0 Å². The van der Waals surface area contributed by atoms with Crippen LogP contribution in [0.2, 0.25) is 0 Å². The van der Waals surface area contributed by atoms with E-state index in [0.717, 1.165) is 29.5 Å². The van der Waals surface area contributed by atoms with Crippen molar-refractivity contribution in [2.75, 3.05) is 0 Å². The number of Topliss-reactive ketones (excluding diaryl/α,β-unsaturated/α-hetero) is 1. The first-order chi connectivity index (χ1) is 10.3. The molecule has 1 unspecified atom stereocenters. The summed E-state index contributed by atoms with van der Waals surface area (Å²) in [6.07, 6.45) is 6.86. The van der Waals surface area contributed by atoms with Crippen molar-refractivity contribution < 1.29 is 9.59 Å². The van der Waals surface area contributed by atoms with Crippen molar-refractivity contribution in [1.29, 1.82) is 0 Å². The molecule has 1 amide bonds. The summed E-state index contributed by atoms with van der Waals surface area (Å²) in [6.45, 7) is 8.60. The average Bonchev–Trinajstić information content (AvgIpc) is 3.02. The van der Waals surface area contributed by atoms with Crippen LogP contribution in [-0.2, 0) is 21.5 Å². The van der Waals surface area contributed by atoms with Crippen LogP contribution in [0.15, 0.2) is 11.2 Å². The van der Waals surface area contributed by atoms with Gasteiger partial charge in [-0.15, -0.1) is 0 Å². The monoisotopic (exact) mass is 322 g/mol. The molecule has 2 rings (SSSR count). The molecule has 1 aromatic heterocycles. The molecule has 4 nitrogen and oxygen atoms in total. The van der Waals surface area contributed by atoms with Gasteiger partial charge in [-0.25, -0.2) is 4.99 Å². The number of carbonyl (C=O) groups excluding carboxylic acids is 2. The molecular weight excluding hydrogens is 296 g/mol. The zero-order chi connectivity index (χ0) is 16.3. The molecule has 0 bridgehead atoms. The number of hydrogen-bond donors (Lipinski definition) is 0. The van der Waals surface area contributed by atoms with Crippen LogP contribution in [0.5, 0.6) is 0 Å². The summed E-state index contributed by atoms with van der Waals surface area (Å²) < 4.78 is 3.00.